The highest BCUT2D eigenvalue weighted by Gasteiger charge is 2.57. The Bertz CT molecular complexity index is 459. The largest absolute Gasteiger partial charge is 0.393 e. The number of Topliss-reactive ketones (excluding diaryl/α,β-unsaturated/α-hetero) is 1. The smallest absolute Gasteiger partial charge is 0.133 e. The molecule has 1 unspecified atom stereocenters. The lowest BCUT2D eigenvalue weighted by atomic mass is 9.49. The SMILES string of the molecule is CC(=O)[C@@H]1CC[C@H]2[C@@H]3CC[C@H]4C[C@H](O)CCC4[C@H]3CC[C@]12C. The second-order valence-corrected chi connectivity index (χ2v) is 9.19. The Labute approximate surface area is 135 Å². The first-order chi connectivity index (χ1) is 10.5. The van der Waals surface area contributed by atoms with Gasteiger partial charge in [0.15, 0.2) is 0 Å². The molecular weight excluding hydrogens is 272 g/mol. The van der Waals surface area contributed by atoms with Crippen molar-refractivity contribution in [2.24, 2.45) is 40.9 Å². The van der Waals surface area contributed by atoms with E-state index in [1.54, 1.807) is 0 Å². The molecule has 22 heavy (non-hydrogen) atoms. The van der Waals surface area contributed by atoms with Gasteiger partial charge in [-0.05, 0) is 99.7 Å². The first-order valence-electron chi connectivity index (χ1n) is 9.69. The van der Waals surface area contributed by atoms with E-state index in [1.165, 1.54) is 38.5 Å². The highest BCUT2D eigenvalue weighted by molar-refractivity contribution is 5.79. The van der Waals surface area contributed by atoms with Gasteiger partial charge in [0, 0.05) is 5.92 Å². The van der Waals surface area contributed by atoms with E-state index in [2.05, 4.69) is 6.92 Å². The first-order valence-corrected chi connectivity index (χ1v) is 9.69. The fourth-order valence-corrected chi connectivity index (χ4v) is 7.50. The average Bonchev–Trinajstić information content (AvgIpc) is 2.84. The standard InChI is InChI=1S/C20H32O2/c1-12(21)18-7-8-19-17-5-3-13-11-14(22)4-6-15(13)16(17)9-10-20(18,19)2/h13-19,22H,3-11H2,1-2H3/t13-,14+,15?,16+,17+,18-,19-,20+/m0/s1. The van der Waals surface area contributed by atoms with Crippen molar-refractivity contribution in [3.05, 3.63) is 0 Å². The molecule has 0 amide bonds. The summed E-state index contributed by atoms with van der Waals surface area (Å²) >= 11 is 0. The maximum absolute atomic E-state index is 12.1. The van der Waals surface area contributed by atoms with Crippen LogP contribution in [0.25, 0.3) is 0 Å². The van der Waals surface area contributed by atoms with E-state index in [1.807, 2.05) is 6.92 Å². The van der Waals surface area contributed by atoms with Gasteiger partial charge in [-0.1, -0.05) is 6.92 Å². The van der Waals surface area contributed by atoms with Crippen LogP contribution in [-0.2, 0) is 4.79 Å². The highest BCUT2D eigenvalue weighted by Crippen LogP contribution is 2.64. The van der Waals surface area contributed by atoms with Crippen LogP contribution in [0.15, 0.2) is 0 Å². The van der Waals surface area contributed by atoms with Gasteiger partial charge in [0.1, 0.15) is 5.78 Å². The molecule has 0 heterocycles. The Morgan fingerprint density at radius 1 is 0.955 bits per heavy atom. The van der Waals surface area contributed by atoms with Gasteiger partial charge >= 0.3 is 0 Å². The van der Waals surface area contributed by atoms with Crippen LogP contribution in [-0.4, -0.2) is 17.0 Å². The molecule has 0 saturated heterocycles. The number of aliphatic hydroxyl groups is 1. The molecule has 4 aliphatic rings. The molecule has 1 N–H and O–H groups in total. The third-order valence-corrected chi connectivity index (χ3v) is 8.42. The molecule has 2 heteroatoms. The quantitative estimate of drug-likeness (QED) is 0.788. The maximum atomic E-state index is 12.1. The summed E-state index contributed by atoms with van der Waals surface area (Å²) < 4.78 is 0. The molecule has 0 aromatic rings. The van der Waals surface area contributed by atoms with Gasteiger partial charge in [-0.25, -0.2) is 0 Å². The molecule has 0 aliphatic heterocycles. The molecule has 0 bridgehead atoms. The van der Waals surface area contributed by atoms with E-state index in [0.29, 0.717) is 17.1 Å². The summed E-state index contributed by atoms with van der Waals surface area (Å²) in [5.74, 6) is 5.02. The van der Waals surface area contributed by atoms with Gasteiger partial charge < -0.3 is 5.11 Å². The van der Waals surface area contributed by atoms with Crippen molar-refractivity contribution < 1.29 is 9.90 Å². The van der Waals surface area contributed by atoms with Crippen LogP contribution in [0.5, 0.6) is 0 Å². The molecule has 4 saturated carbocycles. The second-order valence-electron chi connectivity index (χ2n) is 9.19. The van der Waals surface area contributed by atoms with Crippen molar-refractivity contribution in [1.82, 2.24) is 0 Å². The Morgan fingerprint density at radius 2 is 1.73 bits per heavy atom. The van der Waals surface area contributed by atoms with Crippen LogP contribution in [0.3, 0.4) is 0 Å². The van der Waals surface area contributed by atoms with E-state index in [4.69, 9.17) is 0 Å². The van der Waals surface area contributed by atoms with Crippen LogP contribution >= 0.6 is 0 Å². The number of carbonyl (C=O) groups excluding carboxylic acids is 1. The van der Waals surface area contributed by atoms with Crippen LogP contribution in [0.2, 0.25) is 0 Å². The minimum atomic E-state index is -0.0276. The minimum Gasteiger partial charge on any atom is -0.393 e. The van der Waals surface area contributed by atoms with E-state index < -0.39 is 0 Å². The van der Waals surface area contributed by atoms with E-state index in [9.17, 15) is 9.90 Å². The van der Waals surface area contributed by atoms with Gasteiger partial charge in [-0.3, -0.25) is 4.79 Å². The predicted molar refractivity (Wildman–Crippen MR) is 87.3 cm³/mol. The summed E-state index contributed by atoms with van der Waals surface area (Å²) in [6.45, 7) is 4.26. The summed E-state index contributed by atoms with van der Waals surface area (Å²) in [6.07, 6.45) is 11.1. The third-order valence-electron chi connectivity index (χ3n) is 8.42. The lowest BCUT2D eigenvalue weighted by molar-refractivity contribution is -0.128. The summed E-state index contributed by atoms with van der Waals surface area (Å²) in [7, 11) is 0. The fourth-order valence-electron chi connectivity index (χ4n) is 7.50. The molecule has 0 spiro atoms. The Kier molecular flexibility index (Phi) is 3.67. The van der Waals surface area contributed by atoms with Crippen LogP contribution in [0.1, 0.15) is 71.6 Å². The number of rotatable bonds is 1. The normalized spacial score (nSPS) is 54.2. The number of fused-ring (bicyclic) bond motifs is 5. The number of hydrogen-bond donors (Lipinski definition) is 1. The number of carbonyl (C=O) groups is 1. The molecule has 2 nitrogen and oxygen atoms in total. The average molecular weight is 304 g/mol. The topological polar surface area (TPSA) is 37.3 Å². The predicted octanol–water partition coefficient (Wildman–Crippen LogP) is 4.21. The van der Waals surface area contributed by atoms with Crippen LogP contribution in [0, 0.1) is 40.9 Å². The summed E-state index contributed by atoms with van der Waals surface area (Å²) in [4.78, 5) is 12.1. The van der Waals surface area contributed by atoms with Crippen molar-refractivity contribution >= 4 is 5.78 Å². The third kappa shape index (κ3) is 2.12. The fraction of sp³-hybridized carbons (Fsp3) is 0.950. The molecule has 4 rings (SSSR count). The van der Waals surface area contributed by atoms with Gasteiger partial charge in [0.2, 0.25) is 0 Å². The monoisotopic (exact) mass is 304 g/mol. The zero-order valence-electron chi connectivity index (χ0n) is 14.3. The summed E-state index contributed by atoms with van der Waals surface area (Å²) in [5, 5.41) is 9.99. The van der Waals surface area contributed by atoms with E-state index >= 15 is 0 Å². The summed E-state index contributed by atoms with van der Waals surface area (Å²) in [6, 6.07) is 0. The van der Waals surface area contributed by atoms with Crippen molar-refractivity contribution in [3.8, 4) is 0 Å². The Hall–Kier alpha value is -0.370. The summed E-state index contributed by atoms with van der Waals surface area (Å²) in [5.41, 5.74) is 0.300. The van der Waals surface area contributed by atoms with Gasteiger partial charge in [0.05, 0.1) is 6.10 Å². The van der Waals surface area contributed by atoms with E-state index in [0.717, 1.165) is 48.9 Å². The Morgan fingerprint density at radius 3 is 2.50 bits per heavy atom. The van der Waals surface area contributed by atoms with Crippen molar-refractivity contribution in [1.29, 1.82) is 0 Å². The second kappa shape index (κ2) is 5.33. The van der Waals surface area contributed by atoms with Gasteiger partial charge in [0.25, 0.3) is 0 Å². The lowest BCUT2D eigenvalue weighted by Gasteiger charge is -2.56. The molecule has 4 aliphatic carbocycles. The van der Waals surface area contributed by atoms with E-state index in [-0.39, 0.29) is 6.10 Å². The number of ketones is 1. The molecule has 0 aromatic heterocycles. The van der Waals surface area contributed by atoms with Crippen molar-refractivity contribution in [3.63, 3.8) is 0 Å². The zero-order chi connectivity index (χ0) is 15.5. The molecule has 0 radical (unpaired) electrons. The molecule has 0 aromatic carbocycles. The number of aliphatic hydroxyl groups excluding tert-OH is 1. The van der Waals surface area contributed by atoms with Gasteiger partial charge in [-0.2, -0.15) is 0 Å². The van der Waals surface area contributed by atoms with Crippen molar-refractivity contribution in [2.75, 3.05) is 0 Å². The maximum Gasteiger partial charge on any atom is 0.133 e. The molecular formula is C20H32O2. The minimum absolute atomic E-state index is 0.0276. The molecule has 124 valence electrons. The van der Waals surface area contributed by atoms with Crippen molar-refractivity contribution in [2.45, 2.75) is 77.7 Å². The van der Waals surface area contributed by atoms with Crippen LogP contribution in [0.4, 0.5) is 0 Å². The van der Waals surface area contributed by atoms with Gasteiger partial charge in [-0.15, -0.1) is 0 Å². The first kappa shape index (κ1) is 15.2. The number of hydrogen-bond acceptors (Lipinski definition) is 2. The van der Waals surface area contributed by atoms with Crippen LogP contribution < -0.4 is 0 Å². The highest BCUT2D eigenvalue weighted by atomic mass is 16.3. The molecule has 4 fully saturated rings. The Balaban J connectivity index is 1.56. The molecule has 8 atom stereocenters. The lowest BCUT2D eigenvalue weighted by Crippen LogP contribution is -2.49. The zero-order valence-corrected chi connectivity index (χ0v) is 14.3.